The van der Waals surface area contributed by atoms with E-state index in [1.54, 1.807) is 16.4 Å². The lowest BCUT2D eigenvalue weighted by Crippen LogP contribution is -2.15. The van der Waals surface area contributed by atoms with Gasteiger partial charge in [0.1, 0.15) is 0 Å². The van der Waals surface area contributed by atoms with E-state index < -0.39 is 0 Å². The summed E-state index contributed by atoms with van der Waals surface area (Å²) in [5.41, 5.74) is 5.27. The third-order valence-corrected chi connectivity index (χ3v) is 6.03. The van der Waals surface area contributed by atoms with Gasteiger partial charge in [-0.15, -0.1) is 5.10 Å². The molecule has 29 heavy (non-hydrogen) atoms. The van der Waals surface area contributed by atoms with E-state index in [0.717, 1.165) is 37.0 Å². The van der Waals surface area contributed by atoms with Crippen LogP contribution in [0.15, 0.2) is 59.9 Å². The second kappa shape index (κ2) is 9.24. The van der Waals surface area contributed by atoms with Gasteiger partial charge in [-0.05, 0) is 47.5 Å². The number of nitrogens with zero attached hydrogens (tertiary/aromatic N) is 5. The van der Waals surface area contributed by atoms with Crippen LogP contribution in [-0.4, -0.2) is 37.1 Å². The maximum Gasteiger partial charge on any atom is 0.209 e. The molecule has 1 N–H and O–H groups in total. The van der Waals surface area contributed by atoms with Crippen molar-refractivity contribution in [2.75, 3.05) is 12.3 Å². The minimum Gasteiger partial charge on any atom is -0.343 e. The zero-order valence-electron chi connectivity index (χ0n) is 16.9. The first-order valence-corrected chi connectivity index (χ1v) is 10.9. The van der Waals surface area contributed by atoms with Crippen LogP contribution < -0.4 is 5.32 Å². The van der Waals surface area contributed by atoms with Crippen molar-refractivity contribution in [2.45, 2.75) is 31.6 Å². The molecule has 0 aliphatic carbocycles. The maximum atomic E-state index is 4.00. The normalized spacial score (nSPS) is 11.4. The number of thioether (sulfide) groups is 1. The molecular formula is C22H26N6S. The van der Waals surface area contributed by atoms with Crippen LogP contribution in [0.3, 0.4) is 0 Å². The van der Waals surface area contributed by atoms with Crippen molar-refractivity contribution in [1.29, 1.82) is 0 Å². The van der Waals surface area contributed by atoms with Crippen molar-refractivity contribution in [3.05, 3.63) is 71.4 Å². The highest BCUT2D eigenvalue weighted by Gasteiger charge is 2.08. The van der Waals surface area contributed by atoms with E-state index >= 15 is 0 Å². The summed E-state index contributed by atoms with van der Waals surface area (Å²) >= 11 is 1.69. The lowest BCUT2D eigenvalue weighted by atomic mass is 10.1. The molecule has 0 spiro atoms. The number of tetrazole rings is 1. The number of para-hydroxylation sites is 1. The lowest BCUT2D eigenvalue weighted by Gasteiger charge is -2.06. The monoisotopic (exact) mass is 406 g/mol. The van der Waals surface area contributed by atoms with E-state index in [0.29, 0.717) is 0 Å². The number of aryl methyl sites for hydroxylation is 2. The van der Waals surface area contributed by atoms with Crippen LogP contribution in [0.4, 0.5) is 0 Å². The van der Waals surface area contributed by atoms with Crippen LogP contribution >= 0.6 is 11.8 Å². The first-order chi connectivity index (χ1) is 14.2. The second-order valence-corrected chi connectivity index (χ2v) is 8.31. The van der Waals surface area contributed by atoms with Crippen LogP contribution in [-0.2, 0) is 20.1 Å². The topological polar surface area (TPSA) is 60.6 Å². The molecule has 0 aliphatic rings. The third-order valence-electron chi connectivity index (χ3n) is 4.93. The molecule has 4 aromatic rings. The first-order valence-electron chi connectivity index (χ1n) is 9.89. The van der Waals surface area contributed by atoms with Gasteiger partial charge in [0.05, 0.1) is 0 Å². The largest absolute Gasteiger partial charge is 0.343 e. The van der Waals surface area contributed by atoms with Gasteiger partial charge in [-0.3, -0.25) is 0 Å². The molecule has 4 rings (SSSR count). The number of rotatable bonds is 9. The Morgan fingerprint density at radius 3 is 2.83 bits per heavy atom. The summed E-state index contributed by atoms with van der Waals surface area (Å²) in [6.07, 6.45) is 3.36. The predicted molar refractivity (Wildman–Crippen MR) is 118 cm³/mol. The van der Waals surface area contributed by atoms with Gasteiger partial charge >= 0.3 is 0 Å². The summed E-state index contributed by atoms with van der Waals surface area (Å²) < 4.78 is 4.07. The maximum absolute atomic E-state index is 4.00. The number of nitrogens with one attached hydrogen (secondary N) is 1. The molecule has 2 heterocycles. The molecule has 0 aliphatic heterocycles. The minimum atomic E-state index is 0.865. The van der Waals surface area contributed by atoms with Gasteiger partial charge in [0.25, 0.3) is 0 Å². The minimum absolute atomic E-state index is 0.865. The summed E-state index contributed by atoms with van der Waals surface area (Å²) in [5.74, 6) is 0.996. The Labute approximate surface area is 175 Å². The zero-order chi connectivity index (χ0) is 20.1. The van der Waals surface area contributed by atoms with Crippen molar-refractivity contribution in [3.8, 4) is 0 Å². The zero-order valence-corrected chi connectivity index (χ0v) is 17.7. The molecule has 2 aromatic carbocycles. The van der Waals surface area contributed by atoms with E-state index in [4.69, 9.17) is 0 Å². The molecule has 0 saturated heterocycles. The smallest absolute Gasteiger partial charge is 0.209 e. The van der Waals surface area contributed by atoms with Crippen LogP contribution in [0.5, 0.6) is 0 Å². The number of benzene rings is 2. The molecule has 0 unspecified atom stereocenters. The van der Waals surface area contributed by atoms with Crippen molar-refractivity contribution in [3.63, 3.8) is 0 Å². The van der Waals surface area contributed by atoms with E-state index in [-0.39, 0.29) is 0 Å². The van der Waals surface area contributed by atoms with Crippen LogP contribution in [0.25, 0.3) is 10.9 Å². The van der Waals surface area contributed by atoms with Crippen LogP contribution in [0, 0.1) is 6.92 Å². The van der Waals surface area contributed by atoms with Crippen molar-refractivity contribution >= 4 is 22.7 Å². The van der Waals surface area contributed by atoms with Gasteiger partial charge in [0, 0.05) is 43.0 Å². The standard InChI is InChI=1S/C22H26N6S/c1-17-7-5-8-18(13-17)15-28-16-19(20-9-3-4-10-21(20)28)14-23-11-6-12-29-22-24-25-26-27(22)2/h3-5,7-10,13,16,23H,6,11-12,14-15H2,1-2H3. The fourth-order valence-electron chi connectivity index (χ4n) is 3.53. The Morgan fingerprint density at radius 2 is 2.00 bits per heavy atom. The predicted octanol–water partition coefficient (Wildman–Crippen LogP) is 3.79. The SMILES string of the molecule is Cc1cccc(Cn2cc(CNCCCSc3nnnn3C)c3ccccc32)c1. The molecule has 0 amide bonds. The summed E-state index contributed by atoms with van der Waals surface area (Å²) in [6.45, 7) is 4.88. The fraction of sp³-hybridized carbons (Fsp3) is 0.318. The van der Waals surface area contributed by atoms with Crippen molar-refractivity contribution < 1.29 is 0 Å². The molecule has 0 saturated carbocycles. The quantitative estimate of drug-likeness (QED) is 0.338. The Hall–Kier alpha value is -2.64. The van der Waals surface area contributed by atoms with Gasteiger partial charge in [0.15, 0.2) is 0 Å². The third kappa shape index (κ3) is 4.86. The van der Waals surface area contributed by atoms with Gasteiger partial charge in [-0.2, -0.15) is 0 Å². The van der Waals surface area contributed by atoms with Crippen LogP contribution in [0.2, 0.25) is 0 Å². The number of hydrogen-bond acceptors (Lipinski definition) is 5. The van der Waals surface area contributed by atoms with Gasteiger partial charge in [-0.1, -0.05) is 59.8 Å². The highest BCUT2D eigenvalue weighted by molar-refractivity contribution is 7.99. The molecule has 7 heteroatoms. The molecule has 0 radical (unpaired) electrons. The summed E-state index contributed by atoms with van der Waals surface area (Å²) in [6, 6.07) is 17.4. The number of aromatic nitrogens is 5. The molecular weight excluding hydrogens is 380 g/mol. The van der Waals surface area contributed by atoms with Crippen LogP contribution in [0.1, 0.15) is 23.1 Å². The molecule has 0 bridgehead atoms. The molecule has 0 fully saturated rings. The summed E-state index contributed by atoms with van der Waals surface area (Å²) in [7, 11) is 1.87. The Morgan fingerprint density at radius 1 is 1.10 bits per heavy atom. The highest BCUT2D eigenvalue weighted by Crippen LogP contribution is 2.22. The van der Waals surface area contributed by atoms with E-state index in [1.165, 1.54) is 27.6 Å². The lowest BCUT2D eigenvalue weighted by molar-refractivity contribution is 0.661. The van der Waals surface area contributed by atoms with Crippen molar-refractivity contribution in [2.24, 2.45) is 7.05 Å². The number of hydrogen-bond donors (Lipinski definition) is 1. The first kappa shape index (κ1) is 19.7. The van der Waals surface area contributed by atoms with Gasteiger partial charge in [0.2, 0.25) is 5.16 Å². The molecule has 6 nitrogen and oxygen atoms in total. The van der Waals surface area contributed by atoms with Gasteiger partial charge in [-0.25, -0.2) is 4.68 Å². The average molecular weight is 407 g/mol. The Balaban J connectivity index is 1.35. The average Bonchev–Trinajstić information content (AvgIpc) is 3.28. The van der Waals surface area contributed by atoms with E-state index in [2.05, 4.69) is 87.1 Å². The van der Waals surface area contributed by atoms with E-state index in [1.807, 2.05) is 7.05 Å². The Kier molecular flexibility index (Phi) is 6.27. The molecule has 2 aromatic heterocycles. The van der Waals surface area contributed by atoms with Crippen molar-refractivity contribution in [1.82, 2.24) is 30.1 Å². The second-order valence-electron chi connectivity index (χ2n) is 7.25. The van der Waals surface area contributed by atoms with Gasteiger partial charge < -0.3 is 9.88 Å². The molecule has 0 atom stereocenters. The molecule has 150 valence electrons. The fourth-order valence-corrected chi connectivity index (χ4v) is 4.32. The summed E-state index contributed by atoms with van der Waals surface area (Å²) in [4.78, 5) is 0. The highest BCUT2D eigenvalue weighted by atomic mass is 32.2. The Bertz CT molecular complexity index is 1080. The number of fused-ring (bicyclic) bond motifs is 1. The van der Waals surface area contributed by atoms with E-state index in [9.17, 15) is 0 Å². The summed E-state index contributed by atoms with van der Waals surface area (Å²) in [5, 5.41) is 17.3.